The Hall–Kier alpha value is -3.97. The van der Waals surface area contributed by atoms with Crippen molar-refractivity contribution in [1.82, 2.24) is 34.2 Å². The molecule has 0 aliphatic carbocycles. The van der Waals surface area contributed by atoms with E-state index in [1.54, 1.807) is 4.57 Å². The highest BCUT2D eigenvalue weighted by Crippen LogP contribution is 2.25. The number of methoxy groups -OCH3 is 1. The van der Waals surface area contributed by atoms with Gasteiger partial charge in [-0.2, -0.15) is 9.97 Å². The van der Waals surface area contributed by atoms with Gasteiger partial charge in [0.1, 0.15) is 11.7 Å². The number of hydrogen-bond donors (Lipinski definition) is 2. The first-order valence-electron chi connectivity index (χ1n) is 15.1. The van der Waals surface area contributed by atoms with Crippen LogP contribution in [0.4, 0.5) is 5.82 Å². The minimum Gasteiger partial charge on any atom is -0.469 e. The molecule has 13 nitrogen and oxygen atoms in total. The molecule has 234 valence electrons. The van der Waals surface area contributed by atoms with Crippen molar-refractivity contribution in [2.24, 2.45) is 0 Å². The zero-order valence-electron chi connectivity index (χ0n) is 25.7. The van der Waals surface area contributed by atoms with Crippen molar-refractivity contribution in [2.75, 3.05) is 58.7 Å². The molecule has 3 N–H and O–H groups in total. The lowest BCUT2D eigenvalue weighted by molar-refractivity contribution is -0.139. The smallest absolute Gasteiger partial charge is 0.329 e. The summed E-state index contributed by atoms with van der Waals surface area (Å²) in [6.07, 6.45) is 2.50. The quantitative estimate of drug-likeness (QED) is 0.209. The fraction of sp³-hybridized carbons (Fsp3) is 0.567. The van der Waals surface area contributed by atoms with Gasteiger partial charge in [-0.15, -0.1) is 0 Å². The SMILES string of the molecule is CCCCOc1nc(N)c2[nH]c(=O)n(C3CN(CC(=O)N(CCC)Cc4ccc(CC(=O)OC)cc4)CCN3CC)c2n1. The number of hydrogen-bond acceptors (Lipinski definition) is 10. The lowest BCUT2D eigenvalue weighted by Gasteiger charge is -2.41. The Morgan fingerprint density at radius 3 is 2.51 bits per heavy atom. The zero-order valence-corrected chi connectivity index (χ0v) is 25.7. The number of piperazine rings is 1. The van der Waals surface area contributed by atoms with Crippen molar-refractivity contribution in [3.8, 4) is 6.01 Å². The van der Waals surface area contributed by atoms with Gasteiger partial charge in [0.05, 0.1) is 26.7 Å². The summed E-state index contributed by atoms with van der Waals surface area (Å²) < 4.78 is 12.1. The molecule has 1 saturated heterocycles. The van der Waals surface area contributed by atoms with Gasteiger partial charge in [0, 0.05) is 32.7 Å². The molecule has 0 spiro atoms. The van der Waals surface area contributed by atoms with Gasteiger partial charge >= 0.3 is 17.7 Å². The summed E-state index contributed by atoms with van der Waals surface area (Å²) in [6.45, 7) is 10.5. The first-order chi connectivity index (χ1) is 20.8. The second-order valence-electron chi connectivity index (χ2n) is 10.8. The molecule has 1 unspecified atom stereocenters. The third kappa shape index (κ3) is 7.90. The predicted octanol–water partition coefficient (Wildman–Crippen LogP) is 2.17. The minimum absolute atomic E-state index is 0.0219. The number of ether oxygens (including phenoxy) is 2. The Morgan fingerprint density at radius 1 is 1.09 bits per heavy atom. The van der Waals surface area contributed by atoms with Crippen LogP contribution < -0.4 is 16.2 Å². The molecule has 43 heavy (non-hydrogen) atoms. The first-order valence-corrected chi connectivity index (χ1v) is 15.1. The number of aromatic amines is 1. The van der Waals surface area contributed by atoms with Gasteiger partial charge in [-0.1, -0.05) is 51.5 Å². The third-order valence-electron chi connectivity index (χ3n) is 7.73. The molecule has 3 aromatic rings. The van der Waals surface area contributed by atoms with Crippen LogP contribution >= 0.6 is 0 Å². The number of amides is 1. The minimum atomic E-state index is -0.354. The highest BCUT2D eigenvalue weighted by Gasteiger charge is 2.32. The van der Waals surface area contributed by atoms with Crippen molar-refractivity contribution in [1.29, 1.82) is 0 Å². The van der Waals surface area contributed by atoms with Gasteiger partial charge in [0.15, 0.2) is 11.5 Å². The van der Waals surface area contributed by atoms with Gasteiger partial charge in [-0.25, -0.2) is 4.79 Å². The van der Waals surface area contributed by atoms with Crippen molar-refractivity contribution < 1.29 is 19.1 Å². The van der Waals surface area contributed by atoms with Crippen LogP contribution in [0.15, 0.2) is 29.1 Å². The Bertz CT molecular complexity index is 1440. The molecule has 1 atom stereocenters. The molecule has 1 aliphatic heterocycles. The average Bonchev–Trinajstić information content (AvgIpc) is 3.33. The molecule has 1 fully saturated rings. The molecule has 3 heterocycles. The van der Waals surface area contributed by atoms with E-state index in [0.717, 1.165) is 36.9 Å². The van der Waals surface area contributed by atoms with Crippen LogP contribution in [0.25, 0.3) is 11.2 Å². The summed E-state index contributed by atoms with van der Waals surface area (Å²) in [5.41, 5.74) is 8.48. The third-order valence-corrected chi connectivity index (χ3v) is 7.73. The number of benzene rings is 1. The number of anilines is 1. The van der Waals surface area contributed by atoms with Gasteiger partial charge in [0.25, 0.3) is 0 Å². The fourth-order valence-corrected chi connectivity index (χ4v) is 5.34. The summed E-state index contributed by atoms with van der Waals surface area (Å²) in [6, 6.07) is 7.82. The molecule has 1 aromatic carbocycles. The van der Waals surface area contributed by atoms with Crippen LogP contribution in [0.2, 0.25) is 0 Å². The number of unbranched alkanes of at least 4 members (excludes halogenated alkanes) is 1. The van der Waals surface area contributed by atoms with Crippen LogP contribution in [-0.2, 0) is 27.3 Å². The highest BCUT2D eigenvalue weighted by molar-refractivity contribution is 5.82. The molecule has 13 heteroatoms. The van der Waals surface area contributed by atoms with Crippen molar-refractivity contribution in [2.45, 2.75) is 59.2 Å². The second kappa shape index (κ2) is 15.0. The number of aromatic nitrogens is 4. The lowest BCUT2D eigenvalue weighted by Crippen LogP contribution is -2.54. The maximum Gasteiger partial charge on any atom is 0.329 e. The van der Waals surface area contributed by atoms with Crippen molar-refractivity contribution in [3.63, 3.8) is 0 Å². The number of nitrogens with zero attached hydrogens (tertiary/aromatic N) is 6. The molecular weight excluding hydrogens is 552 g/mol. The average molecular weight is 597 g/mol. The molecule has 2 aromatic heterocycles. The monoisotopic (exact) mass is 596 g/mol. The number of nitrogens with two attached hydrogens (primary N) is 1. The van der Waals surface area contributed by atoms with E-state index in [0.29, 0.717) is 50.5 Å². The normalized spacial score (nSPS) is 16.0. The zero-order chi connectivity index (χ0) is 30.9. The van der Waals surface area contributed by atoms with E-state index in [1.165, 1.54) is 7.11 Å². The number of likely N-dealkylation sites (N-methyl/N-ethyl adjacent to an activating group) is 1. The largest absolute Gasteiger partial charge is 0.469 e. The summed E-state index contributed by atoms with van der Waals surface area (Å²) >= 11 is 0. The van der Waals surface area contributed by atoms with Crippen LogP contribution in [0.5, 0.6) is 6.01 Å². The Balaban J connectivity index is 1.50. The Morgan fingerprint density at radius 2 is 1.84 bits per heavy atom. The maximum absolute atomic E-state index is 13.6. The Kier molecular flexibility index (Phi) is 11.1. The molecule has 1 amide bonds. The van der Waals surface area contributed by atoms with Gasteiger partial charge in [-0.05, 0) is 30.5 Å². The van der Waals surface area contributed by atoms with E-state index in [-0.39, 0.29) is 48.5 Å². The van der Waals surface area contributed by atoms with Crippen LogP contribution in [-0.4, -0.2) is 99.1 Å². The van der Waals surface area contributed by atoms with E-state index in [2.05, 4.69) is 38.6 Å². The van der Waals surface area contributed by atoms with E-state index in [4.69, 9.17) is 15.2 Å². The number of carbonyl (C=O) groups is 2. The number of nitrogen functional groups attached to an aromatic ring is 1. The topological polar surface area (TPSA) is 152 Å². The highest BCUT2D eigenvalue weighted by atomic mass is 16.5. The van der Waals surface area contributed by atoms with Gasteiger partial charge in [-0.3, -0.25) is 24.0 Å². The molecule has 1 aliphatic rings. The fourth-order valence-electron chi connectivity index (χ4n) is 5.34. The van der Waals surface area contributed by atoms with Crippen LogP contribution in [0, 0.1) is 0 Å². The summed E-state index contributed by atoms with van der Waals surface area (Å²) in [5.74, 6) is -0.107. The number of H-pyrrole nitrogens is 1. The number of rotatable bonds is 14. The van der Waals surface area contributed by atoms with Gasteiger partial charge in [0.2, 0.25) is 5.91 Å². The lowest BCUT2D eigenvalue weighted by atomic mass is 10.1. The predicted molar refractivity (Wildman–Crippen MR) is 164 cm³/mol. The standard InChI is InChI=1S/C30H44N8O5/c1-5-8-16-43-29-33-27(31)26-28(34-29)38(30(41)32-26)23-19-35(14-15-36(23)7-3)20-24(39)37(13-6-2)18-22-11-9-21(10-12-22)17-25(40)42-4/h9-12,23H,5-8,13-20H2,1-4H3,(H,32,41)(H2,31,33,34). The maximum atomic E-state index is 13.6. The molecule has 0 bridgehead atoms. The Labute approximate surface area is 252 Å². The number of imidazole rings is 1. The van der Waals surface area contributed by atoms with Crippen molar-refractivity contribution >= 4 is 28.9 Å². The van der Waals surface area contributed by atoms with E-state index in [9.17, 15) is 14.4 Å². The van der Waals surface area contributed by atoms with Gasteiger partial charge < -0.3 is 25.1 Å². The van der Waals surface area contributed by atoms with Crippen molar-refractivity contribution in [3.05, 3.63) is 45.9 Å². The number of carbonyl (C=O) groups excluding carboxylic acids is 2. The van der Waals surface area contributed by atoms with Crippen LogP contribution in [0.3, 0.4) is 0 Å². The summed E-state index contributed by atoms with van der Waals surface area (Å²) in [5, 5.41) is 0. The molecular formula is C30H44N8O5. The van der Waals surface area contributed by atoms with E-state index in [1.807, 2.05) is 36.1 Å². The second-order valence-corrected chi connectivity index (χ2v) is 10.8. The number of fused-ring (bicyclic) bond motifs is 1. The molecule has 0 saturated carbocycles. The van der Waals surface area contributed by atoms with E-state index < -0.39 is 0 Å². The number of esters is 1. The number of nitrogens with one attached hydrogen (secondary N) is 1. The first kappa shape index (κ1) is 32.0. The van der Waals surface area contributed by atoms with Crippen LogP contribution in [0.1, 0.15) is 57.3 Å². The van der Waals surface area contributed by atoms with E-state index >= 15 is 0 Å². The molecule has 0 radical (unpaired) electrons. The summed E-state index contributed by atoms with van der Waals surface area (Å²) in [4.78, 5) is 56.2. The summed E-state index contributed by atoms with van der Waals surface area (Å²) in [7, 11) is 1.37. The molecule has 4 rings (SSSR count).